The third-order valence-electron chi connectivity index (χ3n) is 9.12. The number of rotatable bonds is 9. The number of nitriles is 1. The Bertz CT molecular complexity index is 1990. The maximum absolute atomic E-state index is 13.6. The molecular formula is C38H40BrN5O4. The number of carbonyl (C=O) groups is 1. The lowest BCUT2D eigenvalue weighted by atomic mass is 9.91. The van der Waals surface area contributed by atoms with Gasteiger partial charge in [-0.3, -0.25) is 14.5 Å². The summed E-state index contributed by atoms with van der Waals surface area (Å²) in [7, 11) is 7.12. The van der Waals surface area contributed by atoms with E-state index in [1.807, 2.05) is 52.2 Å². The second-order valence-electron chi connectivity index (χ2n) is 12.3. The molecule has 48 heavy (non-hydrogen) atoms. The average Bonchev–Trinajstić information content (AvgIpc) is 3.08. The molecule has 9 nitrogen and oxygen atoms in total. The first-order valence-electron chi connectivity index (χ1n) is 15.7. The van der Waals surface area contributed by atoms with Crippen LogP contribution in [0.4, 0.5) is 0 Å². The topological polar surface area (TPSA) is 101 Å². The number of nitrogens with zero attached hydrogens (tertiary/aromatic N) is 5. The number of fused-ring (bicyclic) bond motifs is 1. The van der Waals surface area contributed by atoms with Crippen molar-refractivity contribution < 1.29 is 14.3 Å². The second-order valence-corrected chi connectivity index (χ2v) is 13.1. The van der Waals surface area contributed by atoms with Crippen LogP contribution in [-0.4, -0.2) is 53.1 Å². The van der Waals surface area contributed by atoms with E-state index in [1.54, 1.807) is 48.9 Å². The number of carbonyl (C=O) groups excluding carboxylic acids is 1. The molecule has 1 aliphatic rings. The van der Waals surface area contributed by atoms with Crippen LogP contribution in [0, 0.1) is 25.2 Å². The summed E-state index contributed by atoms with van der Waals surface area (Å²) in [5, 5.41) is 9.85. The zero-order valence-corrected chi connectivity index (χ0v) is 30.0. The highest BCUT2D eigenvalue weighted by Crippen LogP contribution is 2.38. The minimum Gasteiger partial charge on any atom is -0.496 e. The number of aryl methyl sites for hydroxylation is 1. The van der Waals surface area contributed by atoms with Gasteiger partial charge >= 0.3 is 0 Å². The quantitative estimate of drug-likeness (QED) is 0.111. The lowest BCUT2D eigenvalue weighted by Crippen LogP contribution is -2.39. The number of hydrogen-bond donors (Lipinski definition) is 0. The van der Waals surface area contributed by atoms with Crippen molar-refractivity contribution in [2.24, 2.45) is 7.05 Å². The molecule has 0 N–H and O–H groups in total. The van der Waals surface area contributed by atoms with Crippen LogP contribution in [0.2, 0.25) is 0 Å². The predicted octanol–water partition coefficient (Wildman–Crippen LogP) is 6.53. The van der Waals surface area contributed by atoms with Crippen LogP contribution >= 0.6 is 15.9 Å². The molecule has 1 aliphatic heterocycles. The van der Waals surface area contributed by atoms with Gasteiger partial charge in [-0.1, -0.05) is 24.3 Å². The minimum atomic E-state index is -0.300. The van der Waals surface area contributed by atoms with Gasteiger partial charge in [-0.15, -0.1) is 0 Å². The summed E-state index contributed by atoms with van der Waals surface area (Å²) in [5.41, 5.74) is 8.41. The molecule has 0 radical (unpaired) electrons. The molecule has 5 rings (SSSR count). The molecule has 0 spiro atoms. The number of aromatic nitrogens is 2. The van der Waals surface area contributed by atoms with Crippen molar-refractivity contribution in [3.63, 3.8) is 0 Å². The highest BCUT2D eigenvalue weighted by Gasteiger charge is 2.30. The van der Waals surface area contributed by atoms with Gasteiger partial charge in [0.25, 0.3) is 11.5 Å². The Morgan fingerprint density at radius 2 is 1.81 bits per heavy atom. The van der Waals surface area contributed by atoms with Crippen LogP contribution in [0.3, 0.4) is 0 Å². The first-order chi connectivity index (χ1) is 22.9. The minimum absolute atomic E-state index is 0.0119. The zero-order valence-electron chi connectivity index (χ0n) is 28.4. The Balaban J connectivity index is 1.36. The van der Waals surface area contributed by atoms with Gasteiger partial charge in [0.15, 0.2) is 0 Å². The van der Waals surface area contributed by atoms with Crippen molar-refractivity contribution in [2.45, 2.75) is 46.3 Å². The molecule has 4 aromatic rings. The fourth-order valence-corrected chi connectivity index (χ4v) is 6.75. The van der Waals surface area contributed by atoms with Gasteiger partial charge in [-0.25, -0.2) is 4.98 Å². The van der Waals surface area contributed by atoms with Crippen LogP contribution in [-0.2, 0) is 31.4 Å². The molecule has 1 atom stereocenters. The highest BCUT2D eigenvalue weighted by atomic mass is 79.9. The third-order valence-corrected chi connectivity index (χ3v) is 9.56. The van der Waals surface area contributed by atoms with Gasteiger partial charge in [0.05, 0.1) is 31.5 Å². The van der Waals surface area contributed by atoms with Crippen molar-refractivity contribution in [3.05, 3.63) is 114 Å². The molecule has 2 aromatic carbocycles. The number of pyridine rings is 2. The van der Waals surface area contributed by atoms with Crippen LogP contribution < -0.4 is 15.0 Å². The van der Waals surface area contributed by atoms with E-state index in [2.05, 4.69) is 50.1 Å². The fourth-order valence-electron chi connectivity index (χ4n) is 6.39. The number of hydrogen-bond acceptors (Lipinski definition) is 7. The molecule has 0 saturated heterocycles. The largest absolute Gasteiger partial charge is 0.496 e. The summed E-state index contributed by atoms with van der Waals surface area (Å²) >= 11 is 3.35. The maximum atomic E-state index is 13.6. The van der Waals surface area contributed by atoms with Gasteiger partial charge < -0.3 is 18.9 Å². The monoisotopic (exact) mass is 709 g/mol. The molecule has 10 heteroatoms. The molecule has 0 fully saturated rings. The lowest BCUT2D eigenvalue weighted by Gasteiger charge is -2.35. The molecule has 1 unspecified atom stereocenters. The normalized spacial score (nSPS) is 14.5. The summed E-state index contributed by atoms with van der Waals surface area (Å²) in [6, 6.07) is 17.7. The van der Waals surface area contributed by atoms with E-state index in [1.165, 1.54) is 5.56 Å². The Hall–Kier alpha value is -4.72. The van der Waals surface area contributed by atoms with Gasteiger partial charge in [-0.05, 0) is 108 Å². The van der Waals surface area contributed by atoms with E-state index >= 15 is 0 Å². The average molecular weight is 711 g/mol. The van der Waals surface area contributed by atoms with E-state index in [4.69, 9.17) is 9.47 Å². The predicted molar refractivity (Wildman–Crippen MR) is 191 cm³/mol. The van der Waals surface area contributed by atoms with Crippen molar-refractivity contribution in [2.75, 3.05) is 27.8 Å². The Kier molecular flexibility index (Phi) is 10.5. The fraction of sp³-hybridized carbons (Fsp3) is 0.316. The van der Waals surface area contributed by atoms with Gasteiger partial charge in [0.1, 0.15) is 27.7 Å². The summed E-state index contributed by atoms with van der Waals surface area (Å²) in [6.07, 6.45) is 4.11. The van der Waals surface area contributed by atoms with Crippen molar-refractivity contribution in [1.82, 2.24) is 19.4 Å². The van der Waals surface area contributed by atoms with Crippen LogP contribution in [0.15, 0.2) is 69.7 Å². The zero-order chi connectivity index (χ0) is 34.7. The van der Waals surface area contributed by atoms with Crippen LogP contribution in [0.25, 0.3) is 17.2 Å². The number of benzene rings is 2. The van der Waals surface area contributed by atoms with E-state index in [0.717, 1.165) is 33.4 Å². The van der Waals surface area contributed by atoms with Crippen molar-refractivity contribution >= 4 is 27.9 Å². The third kappa shape index (κ3) is 7.08. The van der Waals surface area contributed by atoms with Gasteiger partial charge in [0, 0.05) is 44.0 Å². The van der Waals surface area contributed by atoms with Crippen LogP contribution in [0.1, 0.15) is 52.0 Å². The molecule has 0 bridgehead atoms. The molecule has 0 aliphatic carbocycles. The number of amides is 1. The maximum Gasteiger partial charge on any atom is 0.265 e. The molecule has 248 valence electrons. The number of ether oxygens (including phenoxy) is 2. The molecule has 1 amide bonds. The SMILES string of the molecule is COc1cc(-c2cn(C)c(=O)c(C)c2C)cc(OC)c1CN(C)Cc1ccc2c(c1)C(C)N(C(=O)/C(C#N)=C/c1cccc(Br)n1)CC2. The van der Waals surface area contributed by atoms with E-state index in [0.29, 0.717) is 53.4 Å². The standard InChI is InChI=1S/C38H40BrN5O4/c1-23-24(2)37(45)43(5)22-32(23)28-17-34(47-6)33(35(18-28)48-7)21-42(4)20-26-11-12-27-13-14-44(25(3)31(27)15-26)38(46)29(19-40)16-30-9-8-10-36(39)41-30/h8-12,15-18,22,25H,13-14,20-21H2,1-7H3/b29-16+. The molecule has 0 saturated carbocycles. The summed E-state index contributed by atoms with van der Waals surface area (Å²) in [5.74, 6) is 1.11. The van der Waals surface area contributed by atoms with E-state index in [-0.39, 0.29) is 23.1 Å². The Morgan fingerprint density at radius 1 is 1.10 bits per heavy atom. The summed E-state index contributed by atoms with van der Waals surface area (Å²) < 4.78 is 14.0. The summed E-state index contributed by atoms with van der Waals surface area (Å²) in [6.45, 7) is 7.57. The first kappa shape index (κ1) is 34.6. The number of halogens is 1. The van der Waals surface area contributed by atoms with Gasteiger partial charge in [-0.2, -0.15) is 5.26 Å². The first-order valence-corrected chi connectivity index (χ1v) is 16.5. The molecule has 3 heterocycles. The Morgan fingerprint density at radius 3 is 2.46 bits per heavy atom. The molecular weight excluding hydrogens is 670 g/mol. The highest BCUT2D eigenvalue weighted by molar-refractivity contribution is 9.10. The van der Waals surface area contributed by atoms with Crippen molar-refractivity contribution in [1.29, 1.82) is 5.26 Å². The second kappa shape index (κ2) is 14.6. The summed E-state index contributed by atoms with van der Waals surface area (Å²) in [4.78, 5) is 34.3. The smallest absolute Gasteiger partial charge is 0.265 e. The lowest BCUT2D eigenvalue weighted by molar-refractivity contribution is -0.129. The Labute approximate surface area is 290 Å². The van der Waals surface area contributed by atoms with Crippen LogP contribution in [0.5, 0.6) is 11.5 Å². The molecule has 2 aromatic heterocycles. The number of methoxy groups -OCH3 is 2. The van der Waals surface area contributed by atoms with E-state index < -0.39 is 0 Å². The van der Waals surface area contributed by atoms with E-state index in [9.17, 15) is 14.9 Å². The van der Waals surface area contributed by atoms with Crippen molar-refractivity contribution in [3.8, 4) is 28.7 Å². The van der Waals surface area contributed by atoms with Gasteiger partial charge in [0.2, 0.25) is 0 Å².